The number of hydrogen-bond acceptors (Lipinski definition) is 5. The molecule has 5 nitrogen and oxygen atoms in total. The Labute approximate surface area is 95.8 Å². The zero-order valence-corrected chi connectivity index (χ0v) is 9.47. The Kier molecular flexibility index (Phi) is 6.10. The minimum absolute atomic E-state index is 0.191. The van der Waals surface area contributed by atoms with E-state index in [0.29, 0.717) is 6.42 Å². The minimum atomic E-state index is -0.738. The van der Waals surface area contributed by atoms with E-state index in [1.807, 2.05) is 19.2 Å². The molecule has 5 heteroatoms. The monoisotopic (exact) mass is 228 g/mol. The lowest BCUT2D eigenvalue weighted by atomic mass is 10.2. The largest absolute Gasteiger partial charge is 0.394 e. The lowest BCUT2D eigenvalue weighted by Crippen LogP contribution is -2.37. The van der Waals surface area contributed by atoms with Crippen LogP contribution in [0.4, 0.5) is 0 Å². The predicted molar refractivity (Wildman–Crippen MR) is 61.7 cm³/mol. The highest BCUT2D eigenvalue weighted by atomic mass is 16.5. The van der Waals surface area contributed by atoms with Gasteiger partial charge in [-0.1, -0.05) is 18.2 Å². The summed E-state index contributed by atoms with van der Waals surface area (Å²) < 4.78 is 5.51. The number of nitrogens with one attached hydrogen (secondary N) is 2. The molecule has 0 radical (unpaired) electrons. The molecule has 0 spiro atoms. The molecule has 1 rings (SSSR count). The van der Waals surface area contributed by atoms with Crippen molar-refractivity contribution in [3.8, 4) is 0 Å². The number of rotatable bonds is 5. The van der Waals surface area contributed by atoms with E-state index in [1.165, 1.54) is 0 Å². The molecule has 92 valence electrons. The van der Waals surface area contributed by atoms with Gasteiger partial charge >= 0.3 is 0 Å². The van der Waals surface area contributed by atoms with Gasteiger partial charge in [-0.05, 0) is 13.2 Å². The molecule has 0 saturated carbocycles. The van der Waals surface area contributed by atoms with Crippen LogP contribution < -0.4 is 10.6 Å². The number of hydrogen-bond donors (Lipinski definition) is 4. The maximum absolute atomic E-state index is 9.55. The first kappa shape index (κ1) is 13.2. The van der Waals surface area contributed by atoms with Crippen molar-refractivity contribution in [1.29, 1.82) is 0 Å². The molecule has 0 fully saturated rings. The third kappa shape index (κ3) is 4.32. The van der Waals surface area contributed by atoms with Crippen LogP contribution in [0.15, 0.2) is 24.4 Å². The van der Waals surface area contributed by atoms with E-state index in [9.17, 15) is 5.11 Å². The molecule has 3 atom stereocenters. The van der Waals surface area contributed by atoms with E-state index in [4.69, 9.17) is 9.84 Å². The van der Waals surface area contributed by atoms with Crippen LogP contribution >= 0.6 is 0 Å². The molecule has 0 aromatic carbocycles. The van der Waals surface area contributed by atoms with E-state index in [0.717, 1.165) is 6.54 Å². The van der Waals surface area contributed by atoms with Gasteiger partial charge in [0, 0.05) is 13.0 Å². The van der Waals surface area contributed by atoms with Crippen LogP contribution in [0.1, 0.15) is 6.42 Å². The first-order chi connectivity index (χ1) is 7.77. The van der Waals surface area contributed by atoms with Crippen LogP contribution in [0.3, 0.4) is 0 Å². The van der Waals surface area contributed by atoms with Gasteiger partial charge in [0.1, 0.15) is 18.4 Å². The normalized spacial score (nSPS) is 30.6. The molecule has 16 heavy (non-hydrogen) atoms. The highest BCUT2D eigenvalue weighted by Gasteiger charge is 2.22. The lowest BCUT2D eigenvalue weighted by molar-refractivity contribution is -0.0849. The molecule has 1 aliphatic heterocycles. The summed E-state index contributed by atoms with van der Waals surface area (Å²) in [5.74, 6) is 0. The molecule has 0 amide bonds. The van der Waals surface area contributed by atoms with Gasteiger partial charge in [-0.3, -0.25) is 0 Å². The first-order valence-electron chi connectivity index (χ1n) is 5.44. The van der Waals surface area contributed by atoms with Gasteiger partial charge in [-0.2, -0.15) is 0 Å². The highest BCUT2D eigenvalue weighted by Crippen LogP contribution is 2.11. The Morgan fingerprint density at radius 1 is 1.56 bits per heavy atom. The minimum Gasteiger partial charge on any atom is -0.394 e. The fraction of sp³-hybridized carbons (Fsp3) is 0.636. The highest BCUT2D eigenvalue weighted by molar-refractivity contribution is 4.98. The second kappa shape index (κ2) is 7.40. The van der Waals surface area contributed by atoms with E-state index in [1.54, 1.807) is 12.3 Å². The molecule has 0 aromatic rings. The zero-order valence-electron chi connectivity index (χ0n) is 9.47. The van der Waals surface area contributed by atoms with Crippen LogP contribution in [0.5, 0.6) is 0 Å². The Bertz CT molecular complexity index is 243. The Balaban J connectivity index is 2.40. The maximum atomic E-state index is 9.55. The standard InChI is InChI=1S/C11H20N2O3/c1-12-6-3-7-13-11-5-2-4-9(15)10(8-14)16-11/h2-4,7,9-15H,5-6,8H2,1H3/b7-3-/t9?,10-,11-/m1/s1. The van der Waals surface area contributed by atoms with Crippen molar-refractivity contribution in [1.82, 2.24) is 10.6 Å². The summed E-state index contributed by atoms with van der Waals surface area (Å²) in [6, 6.07) is 0. The molecule has 0 aliphatic carbocycles. The summed E-state index contributed by atoms with van der Waals surface area (Å²) in [4.78, 5) is 0. The van der Waals surface area contributed by atoms with Crippen molar-refractivity contribution in [2.45, 2.75) is 24.9 Å². The Morgan fingerprint density at radius 3 is 3.06 bits per heavy atom. The van der Waals surface area contributed by atoms with Gasteiger partial charge < -0.3 is 25.6 Å². The summed E-state index contributed by atoms with van der Waals surface area (Å²) >= 11 is 0. The summed E-state index contributed by atoms with van der Waals surface area (Å²) in [5, 5.41) is 24.6. The predicted octanol–water partition coefficient (Wildman–Crippen LogP) is -0.666. The average molecular weight is 228 g/mol. The fourth-order valence-electron chi connectivity index (χ4n) is 1.42. The third-order valence-electron chi connectivity index (χ3n) is 2.31. The van der Waals surface area contributed by atoms with Crippen LogP contribution in [0.2, 0.25) is 0 Å². The van der Waals surface area contributed by atoms with E-state index in [2.05, 4.69) is 10.6 Å². The number of likely N-dealkylation sites (N-methyl/N-ethyl adjacent to an activating group) is 1. The van der Waals surface area contributed by atoms with Gasteiger partial charge in [0.2, 0.25) is 0 Å². The summed E-state index contributed by atoms with van der Waals surface area (Å²) in [5.41, 5.74) is 0. The SMILES string of the molecule is CNC/C=C\N[C@H]1CC=CC(O)[C@@H](CO)O1. The molecular formula is C11H20N2O3. The Morgan fingerprint density at radius 2 is 2.38 bits per heavy atom. The van der Waals surface area contributed by atoms with Crippen LogP contribution in [-0.2, 0) is 4.74 Å². The zero-order chi connectivity index (χ0) is 11.8. The summed E-state index contributed by atoms with van der Waals surface area (Å²) in [7, 11) is 1.87. The van der Waals surface area contributed by atoms with Crippen molar-refractivity contribution in [2.24, 2.45) is 0 Å². The van der Waals surface area contributed by atoms with E-state index >= 15 is 0 Å². The van der Waals surface area contributed by atoms with Crippen LogP contribution in [0.25, 0.3) is 0 Å². The molecule has 1 heterocycles. The van der Waals surface area contributed by atoms with E-state index < -0.39 is 12.2 Å². The lowest BCUT2D eigenvalue weighted by Gasteiger charge is -2.22. The quantitative estimate of drug-likeness (QED) is 0.470. The van der Waals surface area contributed by atoms with Crippen LogP contribution in [-0.4, -0.2) is 48.8 Å². The topological polar surface area (TPSA) is 73.8 Å². The molecule has 0 aromatic heterocycles. The molecule has 0 bridgehead atoms. The van der Waals surface area contributed by atoms with Crippen molar-refractivity contribution < 1.29 is 14.9 Å². The van der Waals surface area contributed by atoms with Crippen molar-refractivity contribution in [3.63, 3.8) is 0 Å². The van der Waals surface area contributed by atoms with Crippen LogP contribution in [0, 0.1) is 0 Å². The summed E-state index contributed by atoms with van der Waals surface area (Å²) in [6.07, 6.45) is 6.40. The van der Waals surface area contributed by atoms with Gasteiger partial charge in [0.15, 0.2) is 0 Å². The molecule has 0 saturated heterocycles. The number of ether oxygens (including phenoxy) is 1. The number of aliphatic hydroxyl groups excluding tert-OH is 2. The fourth-order valence-corrected chi connectivity index (χ4v) is 1.42. The molecule has 4 N–H and O–H groups in total. The van der Waals surface area contributed by atoms with Crippen molar-refractivity contribution in [2.75, 3.05) is 20.2 Å². The molecule has 1 unspecified atom stereocenters. The van der Waals surface area contributed by atoms with Gasteiger partial charge in [-0.15, -0.1) is 0 Å². The molecular weight excluding hydrogens is 208 g/mol. The van der Waals surface area contributed by atoms with Crippen molar-refractivity contribution >= 4 is 0 Å². The number of aliphatic hydroxyl groups is 2. The summed E-state index contributed by atoms with van der Waals surface area (Å²) in [6.45, 7) is 0.589. The van der Waals surface area contributed by atoms with Gasteiger partial charge in [-0.25, -0.2) is 0 Å². The third-order valence-corrected chi connectivity index (χ3v) is 2.31. The first-order valence-corrected chi connectivity index (χ1v) is 5.44. The van der Waals surface area contributed by atoms with E-state index in [-0.39, 0.29) is 12.8 Å². The average Bonchev–Trinajstić information content (AvgIpc) is 2.47. The smallest absolute Gasteiger partial charge is 0.131 e. The Hall–Kier alpha value is -0.880. The van der Waals surface area contributed by atoms with Gasteiger partial charge in [0.25, 0.3) is 0 Å². The second-order valence-electron chi connectivity index (χ2n) is 3.63. The maximum Gasteiger partial charge on any atom is 0.131 e. The van der Waals surface area contributed by atoms with Crippen molar-refractivity contribution in [3.05, 3.63) is 24.4 Å². The second-order valence-corrected chi connectivity index (χ2v) is 3.63. The van der Waals surface area contributed by atoms with Gasteiger partial charge in [0.05, 0.1) is 6.61 Å². The molecule has 1 aliphatic rings.